The number of nitrogens with zero attached hydrogens (tertiary/aromatic N) is 3. The molecular weight excluding hydrogens is 583 g/mol. The Bertz CT molecular complexity index is 2480. The summed E-state index contributed by atoms with van der Waals surface area (Å²) < 4.78 is 2.58. The van der Waals surface area contributed by atoms with Crippen LogP contribution >= 0.6 is 0 Å². The van der Waals surface area contributed by atoms with Gasteiger partial charge >= 0.3 is 0 Å². The summed E-state index contributed by atoms with van der Waals surface area (Å²) >= 11 is 0. The molecule has 0 fully saturated rings. The molecular formula is C45H41N3. The van der Waals surface area contributed by atoms with E-state index >= 15 is 0 Å². The van der Waals surface area contributed by atoms with Gasteiger partial charge in [-0.1, -0.05) is 85.3 Å². The maximum Gasteiger partial charge on any atom is 0.108 e. The number of hydrogen-bond donors (Lipinski definition) is 0. The second-order valence-electron chi connectivity index (χ2n) is 14.0. The molecule has 2 aliphatic heterocycles. The van der Waals surface area contributed by atoms with Crippen molar-refractivity contribution in [1.82, 2.24) is 4.57 Å². The third-order valence-corrected chi connectivity index (χ3v) is 11.0. The third-order valence-electron chi connectivity index (χ3n) is 11.0. The first kappa shape index (κ1) is 28.9. The van der Waals surface area contributed by atoms with Gasteiger partial charge in [0.1, 0.15) is 6.17 Å². The summed E-state index contributed by atoms with van der Waals surface area (Å²) in [5, 5.41) is 2.59. The Morgan fingerprint density at radius 1 is 0.562 bits per heavy atom. The molecule has 7 aromatic rings. The summed E-state index contributed by atoms with van der Waals surface area (Å²) in [4.78, 5) is 5.24. The van der Waals surface area contributed by atoms with Gasteiger partial charge in [0.2, 0.25) is 0 Å². The lowest BCUT2D eigenvalue weighted by Crippen LogP contribution is -2.36. The minimum absolute atomic E-state index is 0.0359. The van der Waals surface area contributed by atoms with Crippen molar-refractivity contribution in [2.24, 2.45) is 0 Å². The van der Waals surface area contributed by atoms with E-state index in [2.05, 4.69) is 166 Å². The van der Waals surface area contributed by atoms with E-state index in [0.717, 1.165) is 6.42 Å². The van der Waals surface area contributed by atoms with Crippen molar-refractivity contribution in [2.45, 2.75) is 61.1 Å². The summed E-state index contributed by atoms with van der Waals surface area (Å²) in [5.74, 6) is 0. The van der Waals surface area contributed by atoms with Gasteiger partial charge < -0.3 is 14.4 Å². The Morgan fingerprint density at radius 3 is 2.12 bits per heavy atom. The zero-order chi connectivity index (χ0) is 33.0. The quantitative estimate of drug-likeness (QED) is 0.190. The molecule has 3 heteroatoms. The van der Waals surface area contributed by atoms with E-state index < -0.39 is 0 Å². The molecule has 0 N–H and O–H groups in total. The molecule has 48 heavy (non-hydrogen) atoms. The Hall–Kier alpha value is -5.28. The molecule has 236 valence electrons. The van der Waals surface area contributed by atoms with Crippen LogP contribution in [0.4, 0.5) is 22.7 Å². The van der Waals surface area contributed by atoms with Crippen LogP contribution < -0.4 is 9.80 Å². The highest BCUT2D eigenvalue weighted by molar-refractivity contribution is 6.16. The van der Waals surface area contributed by atoms with E-state index in [4.69, 9.17) is 0 Å². The summed E-state index contributed by atoms with van der Waals surface area (Å²) in [6.45, 7) is 16.0. The van der Waals surface area contributed by atoms with Crippen molar-refractivity contribution in [3.05, 3.63) is 137 Å². The van der Waals surface area contributed by atoms with Gasteiger partial charge in [-0.15, -0.1) is 0 Å². The van der Waals surface area contributed by atoms with Gasteiger partial charge in [-0.2, -0.15) is 0 Å². The molecule has 0 bridgehead atoms. The molecule has 9 rings (SSSR count). The van der Waals surface area contributed by atoms with Crippen LogP contribution in [0.25, 0.3) is 49.7 Å². The van der Waals surface area contributed by atoms with E-state index in [-0.39, 0.29) is 6.17 Å². The fraction of sp³-hybridized carbons (Fsp3) is 0.200. The van der Waals surface area contributed by atoms with Gasteiger partial charge in [0.05, 0.1) is 33.8 Å². The van der Waals surface area contributed by atoms with Crippen LogP contribution in [-0.2, 0) is 6.42 Å². The number of rotatable bonds is 2. The molecule has 0 unspecified atom stereocenters. The number of hydrogen-bond acceptors (Lipinski definition) is 2. The van der Waals surface area contributed by atoms with Gasteiger partial charge in [-0.25, -0.2) is 0 Å². The van der Waals surface area contributed by atoms with Crippen molar-refractivity contribution in [3.63, 3.8) is 0 Å². The molecule has 0 spiro atoms. The van der Waals surface area contributed by atoms with Crippen LogP contribution in [0, 0.1) is 34.6 Å². The van der Waals surface area contributed by atoms with E-state index in [0.29, 0.717) is 0 Å². The largest absolute Gasteiger partial charge is 0.318 e. The zero-order valence-electron chi connectivity index (χ0n) is 28.9. The van der Waals surface area contributed by atoms with E-state index in [1.165, 1.54) is 106 Å². The smallest absolute Gasteiger partial charge is 0.108 e. The van der Waals surface area contributed by atoms with Crippen molar-refractivity contribution < 1.29 is 0 Å². The summed E-state index contributed by atoms with van der Waals surface area (Å²) in [6, 6.07) is 39.3. The Balaban J connectivity index is 1.51. The summed E-state index contributed by atoms with van der Waals surface area (Å²) in [6.07, 6.45) is 1.05. The first-order valence-corrected chi connectivity index (χ1v) is 17.3. The van der Waals surface area contributed by atoms with Gasteiger partial charge in [0.15, 0.2) is 0 Å². The van der Waals surface area contributed by atoms with Crippen LogP contribution in [-0.4, -0.2) is 10.7 Å². The van der Waals surface area contributed by atoms with Gasteiger partial charge in [-0.3, -0.25) is 0 Å². The minimum atomic E-state index is 0.0359. The standard InChI is InChI=1S/C45H41N3/c1-8-32-14-10-19-38(30(32)6)46-31(7)47-43-29(5)23-27(3)25-41(43)48-39-22-21-26(2)24-37(39)35-17-11-16-34(44(35)48)33-15-9-13-28(4)42(33)36-18-12-20-40(46)45(36)47/h9-25,31H,8H2,1-7H3/t31-/m1/s1. The van der Waals surface area contributed by atoms with Crippen LogP contribution in [0.15, 0.2) is 103 Å². The molecule has 0 saturated heterocycles. The third kappa shape index (κ3) is 3.82. The second-order valence-corrected chi connectivity index (χ2v) is 14.0. The monoisotopic (exact) mass is 623 g/mol. The Labute approximate surface area is 283 Å². The molecule has 0 radical (unpaired) electrons. The molecule has 0 saturated carbocycles. The van der Waals surface area contributed by atoms with E-state index in [9.17, 15) is 0 Å². The first-order valence-electron chi connectivity index (χ1n) is 17.3. The van der Waals surface area contributed by atoms with Crippen LogP contribution in [0.2, 0.25) is 0 Å². The highest BCUT2D eigenvalue weighted by atomic mass is 15.4. The molecule has 3 nitrogen and oxygen atoms in total. The number of aryl methyl sites for hydroxylation is 5. The normalized spacial score (nSPS) is 14.8. The maximum atomic E-state index is 2.66. The molecule has 3 heterocycles. The van der Waals surface area contributed by atoms with Crippen LogP contribution in [0.1, 0.15) is 47.2 Å². The number of anilines is 4. The highest BCUT2D eigenvalue weighted by Gasteiger charge is 2.40. The van der Waals surface area contributed by atoms with Crippen molar-refractivity contribution in [3.8, 4) is 27.9 Å². The van der Waals surface area contributed by atoms with E-state index in [1.54, 1.807) is 0 Å². The zero-order valence-corrected chi connectivity index (χ0v) is 28.9. The fourth-order valence-electron chi connectivity index (χ4n) is 8.95. The van der Waals surface area contributed by atoms with E-state index in [1.807, 2.05) is 0 Å². The predicted octanol–water partition coefficient (Wildman–Crippen LogP) is 12.2. The lowest BCUT2D eigenvalue weighted by molar-refractivity contribution is 0.755. The summed E-state index contributed by atoms with van der Waals surface area (Å²) in [7, 11) is 0. The topological polar surface area (TPSA) is 11.4 Å². The second kappa shape index (κ2) is 10.4. The Morgan fingerprint density at radius 2 is 1.29 bits per heavy atom. The van der Waals surface area contributed by atoms with Crippen LogP contribution in [0.3, 0.4) is 0 Å². The van der Waals surface area contributed by atoms with Crippen molar-refractivity contribution in [1.29, 1.82) is 0 Å². The SMILES string of the molecule is CCc1cccc(N2c3cccc4c3N(c3c(C)cc(C)cc3-n3c5ccc(C)cc5c5cccc(c53)-c3cccc(C)c3-4)[C@@H]2C)c1C. The molecule has 2 aliphatic rings. The molecule has 1 aromatic heterocycles. The molecule has 1 atom stereocenters. The van der Waals surface area contributed by atoms with Crippen molar-refractivity contribution in [2.75, 3.05) is 9.80 Å². The van der Waals surface area contributed by atoms with Gasteiger partial charge in [-0.05, 0) is 117 Å². The predicted molar refractivity (Wildman–Crippen MR) is 205 cm³/mol. The minimum Gasteiger partial charge on any atom is -0.318 e. The molecule has 0 amide bonds. The lowest BCUT2D eigenvalue weighted by Gasteiger charge is -2.35. The molecule has 0 aliphatic carbocycles. The number of aromatic nitrogens is 1. The maximum absolute atomic E-state index is 2.66. The average molecular weight is 624 g/mol. The number of para-hydroxylation sites is 2. The number of benzene rings is 6. The van der Waals surface area contributed by atoms with Gasteiger partial charge in [0, 0.05) is 27.6 Å². The van der Waals surface area contributed by atoms with Gasteiger partial charge in [0.25, 0.3) is 0 Å². The van der Waals surface area contributed by atoms with Crippen LogP contribution in [0.5, 0.6) is 0 Å². The lowest BCUT2D eigenvalue weighted by atomic mass is 9.88. The van der Waals surface area contributed by atoms with Crippen molar-refractivity contribution >= 4 is 44.6 Å². The molecule has 6 aromatic carbocycles. The average Bonchev–Trinajstić information content (AvgIpc) is 3.55. The first-order chi connectivity index (χ1) is 23.3. The summed E-state index contributed by atoms with van der Waals surface area (Å²) in [5.41, 5.74) is 21.8. The highest BCUT2D eigenvalue weighted by Crippen LogP contribution is 2.57. The fourth-order valence-corrected chi connectivity index (χ4v) is 8.95. The number of fused-ring (bicyclic) bond motifs is 9. The Kier molecular flexibility index (Phi) is 6.24.